The van der Waals surface area contributed by atoms with Gasteiger partial charge in [0.05, 0.1) is 0 Å². The van der Waals surface area contributed by atoms with Crippen LogP contribution in [0.5, 0.6) is 0 Å². The van der Waals surface area contributed by atoms with Crippen LogP contribution in [0.1, 0.15) is 6.92 Å². The Bertz CT molecular complexity index is 39.8. The average molecular weight is 254 g/mol. The van der Waals surface area contributed by atoms with Gasteiger partial charge in [-0.1, -0.05) is 0 Å². The molecule has 0 fully saturated rings. The van der Waals surface area contributed by atoms with Gasteiger partial charge in [-0.2, -0.15) is 0 Å². The summed E-state index contributed by atoms with van der Waals surface area (Å²) in [4.78, 5) is 9.50. The van der Waals surface area contributed by atoms with Crippen molar-refractivity contribution in [1.29, 1.82) is 0 Å². The standard InChI is InChI=1S/C2H5.CH3NO.Ta/c1-2;2-1-3;/h1H2,2H3;1H,(H2,2,3);/q;;+1/p-1. The van der Waals surface area contributed by atoms with Crippen molar-refractivity contribution in [3.8, 4) is 0 Å². The van der Waals surface area contributed by atoms with Crippen LogP contribution in [0, 0.1) is 0 Å². The molecule has 1 amide bonds. The van der Waals surface area contributed by atoms with Gasteiger partial charge in [-0.05, 0) is 0 Å². The maximum absolute atomic E-state index is 9.50. The van der Waals surface area contributed by atoms with Crippen LogP contribution in [0.15, 0.2) is 0 Å². The second-order valence-electron chi connectivity index (χ2n) is 0.721. The summed E-state index contributed by atoms with van der Waals surface area (Å²) in [5, 5.41) is 0. The fourth-order valence-electron chi connectivity index (χ4n) is 0.129. The number of carbonyl (C=O) groups is 1. The fourth-order valence-corrected chi connectivity index (χ4v) is 1.05. The first-order chi connectivity index (χ1) is 2.91. The molecule has 1 N–H and O–H groups in total. The number of rotatable bonds is 3. The van der Waals surface area contributed by atoms with Crippen molar-refractivity contribution in [2.24, 2.45) is 0 Å². The summed E-state index contributed by atoms with van der Waals surface area (Å²) >= 11 is -0.494. The van der Waals surface area contributed by atoms with Gasteiger partial charge in [0, 0.05) is 0 Å². The molecule has 0 aliphatic heterocycles. The van der Waals surface area contributed by atoms with E-state index in [9.17, 15) is 4.79 Å². The van der Waals surface area contributed by atoms with E-state index >= 15 is 0 Å². The van der Waals surface area contributed by atoms with Gasteiger partial charge in [0.25, 0.3) is 0 Å². The van der Waals surface area contributed by atoms with E-state index in [1.807, 2.05) is 0 Å². The van der Waals surface area contributed by atoms with E-state index in [-0.39, 0.29) is 0 Å². The van der Waals surface area contributed by atoms with Gasteiger partial charge in [-0.3, -0.25) is 0 Å². The molecule has 0 unspecified atom stereocenters. The van der Waals surface area contributed by atoms with Crippen LogP contribution < -0.4 is 3.72 Å². The van der Waals surface area contributed by atoms with Gasteiger partial charge in [0.2, 0.25) is 0 Å². The molecular formula is C3H7NOTa. The number of carbonyl (C=O) groups excluding carboxylic acids is 1. The molecule has 0 saturated heterocycles. The molecular weight excluding hydrogens is 247 g/mol. The molecule has 0 aromatic rings. The van der Waals surface area contributed by atoms with E-state index in [1.54, 1.807) is 0 Å². The quantitative estimate of drug-likeness (QED) is 0.564. The van der Waals surface area contributed by atoms with Crippen molar-refractivity contribution in [2.75, 3.05) is 0 Å². The first-order valence-electron chi connectivity index (χ1n) is 1.77. The predicted octanol–water partition coefficient (Wildman–Crippen LogP) is 0.168. The maximum atomic E-state index is 9.50. The molecule has 0 saturated carbocycles. The van der Waals surface area contributed by atoms with E-state index < -0.39 is 20.0 Å². The molecule has 2 nitrogen and oxygen atoms in total. The second-order valence-corrected chi connectivity index (χ2v) is 5.06. The van der Waals surface area contributed by atoms with E-state index in [0.29, 0.717) is 0 Å². The minimum absolute atomic E-state index is 0.494. The number of hydrogen-bond acceptors (Lipinski definition) is 1. The van der Waals surface area contributed by atoms with Gasteiger partial charge in [-0.25, -0.2) is 0 Å². The topological polar surface area (TPSA) is 29.1 Å². The monoisotopic (exact) mass is 254 g/mol. The van der Waals surface area contributed by atoms with Gasteiger partial charge in [0.15, 0.2) is 0 Å². The van der Waals surface area contributed by atoms with Gasteiger partial charge in [0.1, 0.15) is 0 Å². The molecule has 0 aliphatic carbocycles. The molecule has 3 heteroatoms. The molecule has 0 bridgehead atoms. The summed E-state index contributed by atoms with van der Waals surface area (Å²) in [5.74, 6) is 0. The van der Waals surface area contributed by atoms with E-state index in [0.717, 1.165) is 6.41 Å². The molecule has 0 aromatic heterocycles. The summed E-state index contributed by atoms with van der Waals surface area (Å²) in [5.41, 5.74) is 0. The van der Waals surface area contributed by atoms with E-state index in [2.05, 4.69) is 10.6 Å². The fraction of sp³-hybridized carbons (Fsp3) is 0.667. The van der Waals surface area contributed by atoms with Gasteiger partial charge >= 0.3 is 46.5 Å². The Morgan fingerprint density at radius 1 is 2.00 bits per heavy atom. The normalized spacial score (nSPS) is 6.83. The summed E-state index contributed by atoms with van der Waals surface area (Å²) in [7, 11) is 0. The van der Waals surface area contributed by atoms with Crippen molar-refractivity contribution in [2.45, 2.75) is 11.6 Å². The number of hydrogen-bond donors (Lipinski definition) is 1. The Hall–Kier alpha value is 0.210. The molecule has 0 aromatic carbocycles. The molecule has 0 heterocycles. The number of amides is 1. The summed E-state index contributed by atoms with van der Waals surface area (Å²) in [6, 6.07) is 0. The number of nitrogens with one attached hydrogen (secondary N) is 1. The van der Waals surface area contributed by atoms with E-state index in [1.165, 1.54) is 4.64 Å². The molecule has 0 atom stereocenters. The predicted molar refractivity (Wildman–Crippen MR) is 19.7 cm³/mol. The van der Waals surface area contributed by atoms with Crippen LogP contribution in [-0.2, 0) is 24.8 Å². The zero-order chi connectivity index (χ0) is 4.83. The second kappa shape index (κ2) is 5.21. The Balaban J connectivity index is 2.49. The zero-order valence-corrected chi connectivity index (χ0v) is 6.85. The first-order valence-corrected chi connectivity index (χ1v) is 5.65. The van der Waals surface area contributed by atoms with Crippen molar-refractivity contribution in [1.82, 2.24) is 3.72 Å². The van der Waals surface area contributed by atoms with Crippen LogP contribution in [0.3, 0.4) is 0 Å². The first kappa shape index (κ1) is 6.21. The van der Waals surface area contributed by atoms with Crippen LogP contribution in [0.4, 0.5) is 0 Å². The SMILES string of the molecule is C[CH2][Ta][NH]C=O. The molecule has 0 radical (unpaired) electrons. The Labute approximate surface area is 46.9 Å². The van der Waals surface area contributed by atoms with Crippen LogP contribution in [0.2, 0.25) is 4.64 Å². The van der Waals surface area contributed by atoms with Crippen molar-refractivity contribution < 1.29 is 24.8 Å². The van der Waals surface area contributed by atoms with Crippen LogP contribution in [0.25, 0.3) is 0 Å². The third-order valence-corrected chi connectivity index (χ3v) is 2.47. The molecule has 6 heavy (non-hydrogen) atoms. The third-order valence-electron chi connectivity index (χ3n) is 0.302. The summed E-state index contributed by atoms with van der Waals surface area (Å²) in [6.45, 7) is 2.09. The van der Waals surface area contributed by atoms with E-state index in [4.69, 9.17) is 0 Å². The Morgan fingerprint density at radius 3 is 2.83 bits per heavy atom. The van der Waals surface area contributed by atoms with Gasteiger partial charge in [-0.15, -0.1) is 0 Å². The third kappa shape index (κ3) is 4.21. The Kier molecular flexibility index (Phi) is 5.39. The molecule has 0 spiro atoms. The Morgan fingerprint density at radius 2 is 2.67 bits per heavy atom. The summed E-state index contributed by atoms with van der Waals surface area (Å²) < 4.78 is 3.89. The van der Waals surface area contributed by atoms with Crippen molar-refractivity contribution in [3.63, 3.8) is 0 Å². The summed E-state index contributed by atoms with van der Waals surface area (Å²) in [6.07, 6.45) is 0.792. The van der Waals surface area contributed by atoms with Crippen molar-refractivity contribution in [3.05, 3.63) is 0 Å². The molecule has 0 aliphatic rings. The molecule has 35 valence electrons. The van der Waals surface area contributed by atoms with Gasteiger partial charge < -0.3 is 0 Å². The van der Waals surface area contributed by atoms with Crippen LogP contribution in [-0.4, -0.2) is 6.41 Å². The zero-order valence-electron chi connectivity index (χ0n) is 3.64. The van der Waals surface area contributed by atoms with Crippen molar-refractivity contribution >= 4 is 6.41 Å². The average Bonchev–Trinajstić information content (AvgIpc) is 1.61. The minimum atomic E-state index is -0.494. The molecule has 0 rings (SSSR count). The van der Waals surface area contributed by atoms with Crippen LogP contribution >= 0.6 is 0 Å².